The molecule has 0 aliphatic carbocycles. The third-order valence-corrected chi connectivity index (χ3v) is 4.66. The smallest absolute Gasteiger partial charge is 0.242 e. The standard InChI is InChI=1S/C12H19N3O3/c1-7(2)8(16)15-11(5-13-9(11)17)3-4-12(15)6-14-10(12)18/h7-8,16H,3-6H2,1-2H3,(H,13,17)(H,14,18). The quantitative estimate of drug-likeness (QED) is 0.540. The molecule has 6 nitrogen and oxygen atoms in total. The molecule has 100 valence electrons. The molecular formula is C12H19N3O3. The topological polar surface area (TPSA) is 81.7 Å². The van der Waals surface area contributed by atoms with E-state index >= 15 is 0 Å². The fourth-order valence-electron chi connectivity index (χ4n) is 3.39. The molecule has 0 aromatic heterocycles. The number of nitrogens with zero attached hydrogens (tertiary/aromatic N) is 1. The van der Waals surface area contributed by atoms with E-state index < -0.39 is 17.3 Å². The fourth-order valence-corrected chi connectivity index (χ4v) is 3.39. The molecule has 2 amide bonds. The lowest BCUT2D eigenvalue weighted by Gasteiger charge is -2.55. The Hall–Kier alpha value is -1.14. The average molecular weight is 253 g/mol. The van der Waals surface area contributed by atoms with Crippen molar-refractivity contribution >= 4 is 11.8 Å². The van der Waals surface area contributed by atoms with Crippen LogP contribution in [0.3, 0.4) is 0 Å². The number of hydrogen-bond donors (Lipinski definition) is 3. The number of nitrogens with one attached hydrogen (secondary N) is 2. The van der Waals surface area contributed by atoms with Gasteiger partial charge in [0.05, 0.1) is 0 Å². The van der Waals surface area contributed by atoms with Crippen LogP contribution in [0, 0.1) is 5.92 Å². The van der Waals surface area contributed by atoms with Gasteiger partial charge in [-0.1, -0.05) is 13.8 Å². The second kappa shape index (κ2) is 3.45. The van der Waals surface area contributed by atoms with E-state index in [9.17, 15) is 14.7 Å². The van der Waals surface area contributed by atoms with Crippen molar-refractivity contribution in [3.05, 3.63) is 0 Å². The summed E-state index contributed by atoms with van der Waals surface area (Å²) in [5.41, 5.74) is -1.33. The predicted molar refractivity (Wildman–Crippen MR) is 63.4 cm³/mol. The highest BCUT2D eigenvalue weighted by Gasteiger charge is 2.69. The van der Waals surface area contributed by atoms with Crippen molar-refractivity contribution in [1.82, 2.24) is 15.5 Å². The molecule has 3 unspecified atom stereocenters. The predicted octanol–water partition coefficient (Wildman–Crippen LogP) is -1.21. The Kier molecular flexibility index (Phi) is 2.29. The van der Waals surface area contributed by atoms with Crippen LogP contribution >= 0.6 is 0 Å². The first kappa shape index (κ1) is 11.9. The third kappa shape index (κ3) is 1.15. The Morgan fingerprint density at radius 1 is 1.11 bits per heavy atom. The van der Waals surface area contributed by atoms with Crippen LogP contribution in [-0.2, 0) is 9.59 Å². The Bertz CT molecular complexity index is 393. The van der Waals surface area contributed by atoms with Gasteiger partial charge in [-0.3, -0.25) is 9.59 Å². The lowest BCUT2D eigenvalue weighted by molar-refractivity contribution is -0.181. The molecule has 0 radical (unpaired) electrons. The molecule has 0 aromatic rings. The van der Waals surface area contributed by atoms with Crippen molar-refractivity contribution in [2.24, 2.45) is 5.92 Å². The maximum absolute atomic E-state index is 11.9. The summed E-state index contributed by atoms with van der Waals surface area (Å²) in [5.74, 6) is -0.129. The summed E-state index contributed by atoms with van der Waals surface area (Å²) in [6, 6.07) is 0. The number of rotatable bonds is 2. The molecule has 3 atom stereocenters. The van der Waals surface area contributed by atoms with E-state index in [-0.39, 0.29) is 17.7 Å². The number of aliphatic hydroxyl groups excluding tert-OH is 1. The number of carbonyl (C=O) groups excluding carboxylic acids is 2. The maximum atomic E-state index is 11.9. The molecule has 3 rings (SSSR count). The zero-order valence-electron chi connectivity index (χ0n) is 10.7. The normalized spacial score (nSPS) is 40.7. The van der Waals surface area contributed by atoms with E-state index in [2.05, 4.69) is 10.6 Å². The molecule has 3 heterocycles. The highest BCUT2D eigenvalue weighted by Crippen LogP contribution is 2.48. The van der Waals surface area contributed by atoms with Crippen molar-refractivity contribution in [3.63, 3.8) is 0 Å². The first-order valence-electron chi connectivity index (χ1n) is 6.48. The summed E-state index contributed by atoms with van der Waals surface area (Å²) in [7, 11) is 0. The van der Waals surface area contributed by atoms with E-state index in [1.807, 2.05) is 13.8 Å². The zero-order valence-corrected chi connectivity index (χ0v) is 10.7. The van der Waals surface area contributed by atoms with Crippen LogP contribution in [0.1, 0.15) is 26.7 Å². The molecular weight excluding hydrogens is 234 g/mol. The van der Waals surface area contributed by atoms with Crippen LogP contribution in [0.2, 0.25) is 0 Å². The minimum absolute atomic E-state index is 0.0151. The molecule has 18 heavy (non-hydrogen) atoms. The number of likely N-dealkylation sites (tertiary alicyclic amines) is 1. The highest BCUT2D eigenvalue weighted by molar-refractivity contribution is 5.98. The molecule has 0 bridgehead atoms. The van der Waals surface area contributed by atoms with E-state index in [1.165, 1.54) is 0 Å². The van der Waals surface area contributed by atoms with Crippen molar-refractivity contribution in [2.45, 2.75) is 44.0 Å². The molecule has 3 saturated heterocycles. The SMILES string of the molecule is CC(C)C(O)N1C2(CCC13CNC3=O)CNC2=O. The lowest BCUT2D eigenvalue weighted by atomic mass is 9.86. The summed E-state index contributed by atoms with van der Waals surface area (Å²) < 4.78 is 0. The lowest BCUT2D eigenvalue weighted by Crippen LogP contribution is -2.81. The first-order valence-corrected chi connectivity index (χ1v) is 6.48. The Balaban J connectivity index is 2.00. The van der Waals surface area contributed by atoms with E-state index in [0.717, 1.165) is 0 Å². The summed E-state index contributed by atoms with van der Waals surface area (Å²) in [6.45, 7) is 4.87. The minimum Gasteiger partial charge on any atom is -0.378 e. The van der Waals surface area contributed by atoms with E-state index in [0.29, 0.717) is 25.9 Å². The first-order chi connectivity index (χ1) is 8.44. The second-order valence-corrected chi connectivity index (χ2v) is 5.96. The van der Waals surface area contributed by atoms with Crippen LogP contribution in [-0.4, -0.2) is 52.2 Å². The van der Waals surface area contributed by atoms with Gasteiger partial charge in [0.25, 0.3) is 0 Å². The second-order valence-electron chi connectivity index (χ2n) is 5.96. The molecule has 3 N–H and O–H groups in total. The van der Waals surface area contributed by atoms with Gasteiger partial charge in [0, 0.05) is 13.1 Å². The number of hydrogen-bond acceptors (Lipinski definition) is 4. The monoisotopic (exact) mass is 253 g/mol. The fraction of sp³-hybridized carbons (Fsp3) is 0.833. The van der Waals surface area contributed by atoms with Crippen molar-refractivity contribution in [2.75, 3.05) is 13.1 Å². The molecule has 6 heteroatoms. The van der Waals surface area contributed by atoms with Gasteiger partial charge < -0.3 is 15.7 Å². The number of β-lactam (4-membered cyclic amide) rings is 2. The van der Waals surface area contributed by atoms with E-state index in [4.69, 9.17) is 0 Å². The van der Waals surface area contributed by atoms with Gasteiger partial charge in [-0.2, -0.15) is 0 Å². The van der Waals surface area contributed by atoms with Crippen LogP contribution in [0.25, 0.3) is 0 Å². The highest BCUT2D eigenvalue weighted by atomic mass is 16.3. The minimum atomic E-state index is -0.760. The van der Waals surface area contributed by atoms with Gasteiger partial charge in [0.15, 0.2) is 0 Å². The van der Waals surface area contributed by atoms with Gasteiger partial charge in [0.1, 0.15) is 17.3 Å². The Morgan fingerprint density at radius 3 is 1.78 bits per heavy atom. The van der Waals surface area contributed by atoms with Crippen LogP contribution < -0.4 is 10.6 Å². The van der Waals surface area contributed by atoms with Gasteiger partial charge >= 0.3 is 0 Å². The summed E-state index contributed by atoms with van der Waals surface area (Å²) in [6.07, 6.45) is 0.538. The largest absolute Gasteiger partial charge is 0.378 e. The average Bonchev–Trinajstić information content (AvgIpc) is 2.74. The van der Waals surface area contributed by atoms with Crippen LogP contribution in [0.4, 0.5) is 0 Å². The Labute approximate surface area is 106 Å². The van der Waals surface area contributed by atoms with Crippen molar-refractivity contribution in [3.8, 4) is 0 Å². The van der Waals surface area contributed by atoms with Crippen molar-refractivity contribution < 1.29 is 14.7 Å². The number of carbonyl (C=O) groups is 2. The summed E-state index contributed by atoms with van der Waals surface area (Å²) >= 11 is 0. The van der Waals surface area contributed by atoms with Gasteiger partial charge in [0.2, 0.25) is 11.8 Å². The maximum Gasteiger partial charge on any atom is 0.242 e. The molecule has 3 aliphatic rings. The van der Waals surface area contributed by atoms with Gasteiger partial charge in [-0.05, 0) is 18.8 Å². The van der Waals surface area contributed by atoms with Crippen LogP contribution in [0.5, 0.6) is 0 Å². The van der Waals surface area contributed by atoms with Crippen LogP contribution in [0.15, 0.2) is 0 Å². The molecule has 0 aromatic carbocycles. The molecule has 0 saturated carbocycles. The van der Waals surface area contributed by atoms with Crippen molar-refractivity contribution in [1.29, 1.82) is 0 Å². The van der Waals surface area contributed by atoms with Gasteiger partial charge in [-0.15, -0.1) is 0 Å². The Morgan fingerprint density at radius 2 is 1.56 bits per heavy atom. The third-order valence-electron chi connectivity index (χ3n) is 4.66. The summed E-state index contributed by atoms with van der Waals surface area (Å²) in [4.78, 5) is 25.6. The molecule has 3 fully saturated rings. The van der Waals surface area contributed by atoms with E-state index in [1.54, 1.807) is 4.90 Å². The zero-order chi connectivity index (χ0) is 13.1. The number of amides is 2. The summed E-state index contributed by atoms with van der Waals surface area (Å²) in [5, 5.41) is 15.9. The van der Waals surface area contributed by atoms with Gasteiger partial charge in [-0.25, -0.2) is 4.90 Å². The molecule has 2 spiro atoms. The number of aliphatic hydroxyl groups is 1. The molecule has 3 aliphatic heterocycles.